The van der Waals surface area contributed by atoms with Crippen molar-refractivity contribution in [2.45, 2.75) is 0 Å². The molecule has 0 heterocycles. The van der Waals surface area contributed by atoms with Crippen molar-refractivity contribution >= 4 is 17.5 Å². The van der Waals surface area contributed by atoms with Crippen LogP contribution in [0, 0.1) is 0 Å². The van der Waals surface area contributed by atoms with E-state index < -0.39 is 0 Å². The van der Waals surface area contributed by atoms with Gasteiger partial charge in [-0.3, -0.25) is 9.59 Å². The van der Waals surface area contributed by atoms with E-state index in [0.717, 1.165) is 0 Å². The first-order chi connectivity index (χ1) is 11.6. The smallest absolute Gasteiger partial charge is 0.212 e. The van der Waals surface area contributed by atoms with Gasteiger partial charge in [-0.15, -0.1) is 0 Å². The number of carbonyl (C=O) groups is 1. The van der Waals surface area contributed by atoms with E-state index in [1.54, 1.807) is 63.7 Å². The molecule has 2 aromatic carbocycles. The average Bonchev–Trinajstić information content (AvgIpc) is 2.80. The topological polar surface area (TPSA) is 64.6 Å². The molecule has 0 atom stereocenters. The molecule has 2 rings (SSSR count). The van der Waals surface area contributed by atoms with E-state index in [1.165, 1.54) is 12.1 Å². The normalized spacial score (nSPS) is 10.5. The van der Waals surface area contributed by atoms with Crippen molar-refractivity contribution < 1.29 is 14.3 Å². The maximum Gasteiger partial charge on any atom is 0.212 e. The zero-order chi connectivity index (χ0) is 17.5. The van der Waals surface area contributed by atoms with Crippen molar-refractivity contribution in [3.05, 3.63) is 69.9 Å². The van der Waals surface area contributed by atoms with E-state index in [4.69, 9.17) is 9.47 Å². The van der Waals surface area contributed by atoms with Crippen LogP contribution in [0.1, 0.15) is 15.9 Å². The van der Waals surface area contributed by atoms with Crippen LogP contribution in [0.15, 0.2) is 53.3 Å². The van der Waals surface area contributed by atoms with E-state index in [0.29, 0.717) is 22.7 Å². The van der Waals surface area contributed by atoms with Crippen LogP contribution >= 0.6 is 0 Å². The second-order valence-corrected chi connectivity index (χ2v) is 4.93. The summed E-state index contributed by atoms with van der Waals surface area (Å²) in [6.07, 6.45) is 2.98. The Morgan fingerprint density at radius 3 is 2.50 bits per heavy atom. The number of rotatable bonds is 6. The number of hydrogen-bond donors (Lipinski definition) is 1. The lowest BCUT2D eigenvalue weighted by molar-refractivity contribution is 0.104. The number of anilines is 1. The molecule has 0 bridgehead atoms. The molecule has 2 aromatic rings. The molecular formula is C19H19NO4. The van der Waals surface area contributed by atoms with Gasteiger partial charge in [-0.05, 0) is 36.4 Å². The molecule has 0 amide bonds. The van der Waals surface area contributed by atoms with Gasteiger partial charge in [-0.2, -0.15) is 0 Å². The van der Waals surface area contributed by atoms with E-state index in [-0.39, 0.29) is 16.8 Å². The average molecular weight is 325 g/mol. The Balaban J connectivity index is 2.36. The quantitative estimate of drug-likeness (QED) is 0.653. The van der Waals surface area contributed by atoms with Crippen LogP contribution in [0.4, 0.5) is 5.69 Å². The minimum Gasteiger partial charge on any atom is -0.497 e. The highest BCUT2D eigenvalue weighted by molar-refractivity contribution is 6.07. The summed E-state index contributed by atoms with van der Waals surface area (Å²) in [5.41, 5.74) is 0.860. The summed E-state index contributed by atoms with van der Waals surface area (Å²) in [4.78, 5) is 24.7. The van der Waals surface area contributed by atoms with Crippen LogP contribution in [0.25, 0.3) is 6.08 Å². The minimum atomic E-state index is -0.370. The zero-order valence-corrected chi connectivity index (χ0v) is 13.8. The number of hydrogen-bond acceptors (Lipinski definition) is 5. The molecule has 124 valence electrons. The molecule has 5 nitrogen and oxygen atoms in total. The molecule has 1 N–H and O–H groups in total. The molecule has 0 unspecified atom stereocenters. The van der Waals surface area contributed by atoms with Gasteiger partial charge < -0.3 is 14.8 Å². The third kappa shape index (κ3) is 3.81. The summed E-state index contributed by atoms with van der Waals surface area (Å²) >= 11 is 0. The van der Waals surface area contributed by atoms with E-state index in [1.807, 2.05) is 0 Å². The summed E-state index contributed by atoms with van der Waals surface area (Å²) in [6.45, 7) is 0. The van der Waals surface area contributed by atoms with Gasteiger partial charge >= 0.3 is 0 Å². The lowest BCUT2D eigenvalue weighted by Gasteiger charge is -2.07. The predicted octanol–water partition coefficient (Wildman–Crippen LogP) is 3.00. The van der Waals surface area contributed by atoms with Gasteiger partial charge in [0, 0.05) is 18.7 Å². The lowest BCUT2D eigenvalue weighted by atomic mass is 10.1. The summed E-state index contributed by atoms with van der Waals surface area (Å²) in [5.74, 6) is 0.867. The molecule has 0 saturated heterocycles. The number of ketones is 1. The van der Waals surface area contributed by atoms with Crippen LogP contribution in [0.3, 0.4) is 0 Å². The second-order valence-electron chi connectivity index (χ2n) is 4.93. The highest BCUT2D eigenvalue weighted by Crippen LogP contribution is 2.25. The Bertz CT molecular complexity index is 828. The third-order valence-electron chi connectivity index (χ3n) is 3.52. The Morgan fingerprint density at radius 2 is 1.83 bits per heavy atom. The van der Waals surface area contributed by atoms with Gasteiger partial charge in [0.1, 0.15) is 11.5 Å². The number of ether oxygens (including phenoxy) is 2. The van der Waals surface area contributed by atoms with Crippen molar-refractivity contribution in [2.75, 3.05) is 26.6 Å². The lowest BCUT2D eigenvalue weighted by Crippen LogP contribution is -2.14. The molecule has 5 heteroatoms. The zero-order valence-electron chi connectivity index (χ0n) is 13.8. The molecule has 0 aliphatic rings. The van der Waals surface area contributed by atoms with Gasteiger partial charge in [-0.25, -0.2) is 0 Å². The molecule has 0 aliphatic carbocycles. The van der Waals surface area contributed by atoms with Gasteiger partial charge in [0.15, 0.2) is 5.78 Å². The number of carbonyl (C=O) groups excluding carboxylic acids is 1. The van der Waals surface area contributed by atoms with E-state index >= 15 is 0 Å². The number of benzene rings is 1. The van der Waals surface area contributed by atoms with Gasteiger partial charge in [0.2, 0.25) is 5.43 Å². The summed E-state index contributed by atoms with van der Waals surface area (Å²) in [7, 11) is 4.75. The van der Waals surface area contributed by atoms with Crippen molar-refractivity contribution in [1.29, 1.82) is 0 Å². The first-order valence-electron chi connectivity index (χ1n) is 7.36. The van der Waals surface area contributed by atoms with Crippen molar-refractivity contribution in [3.63, 3.8) is 0 Å². The Hall–Kier alpha value is -3.08. The standard InChI is InChI=1S/C19H19NO4/c1-20-16-7-5-4-6-15(19(16)22)17(21)11-9-13-8-10-14(23-2)12-18(13)24-3/h4-12H,1-3H3,(H,20,22). The van der Waals surface area contributed by atoms with Gasteiger partial charge in [-0.1, -0.05) is 12.1 Å². The fourth-order valence-electron chi connectivity index (χ4n) is 2.20. The molecule has 24 heavy (non-hydrogen) atoms. The van der Waals surface area contributed by atoms with E-state index in [2.05, 4.69) is 5.32 Å². The summed E-state index contributed by atoms with van der Waals surface area (Å²) < 4.78 is 10.4. The molecule has 0 radical (unpaired) electrons. The molecular weight excluding hydrogens is 306 g/mol. The third-order valence-corrected chi connectivity index (χ3v) is 3.52. The largest absolute Gasteiger partial charge is 0.497 e. The van der Waals surface area contributed by atoms with Gasteiger partial charge in [0.05, 0.1) is 25.5 Å². The van der Waals surface area contributed by atoms with Crippen LogP contribution in [0.5, 0.6) is 11.5 Å². The SMILES string of the molecule is CNc1ccccc(C(=O)C=Cc2ccc(OC)cc2OC)c1=O. The van der Waals surface area contributed by atoms with Gasteiger partial charge in [0.25, 0.3) is 0 Å². The Kier molecular flexibility index (Phi) is 5.73. The molecule has 0 spiro atoms. The molecule has 0 saturated carbocycles. The number of methoxy groups -OCH3 is 2. The summed E-state index contributed by atoms with van der Waals surface area (Å²) in [6, 6.07) is 11.8. The second kappa shape index (κ2) is 7.97. The van der Waals surface area contributed by atoms with Crippen LogP contribution in [-0.4, -0.2) is 27.1 Å². The van der Waals surface area contributed by atoms with Crippen LogP contribution < -0.4 is 20.2 Å². The first-order valence-corrected chi connectivity index (χ1v) is 7.36. The highest BCUT2D eigenvalue weighted by Gasteiger charge is 2.09. The summed E-state index contributed by atoms with van der Waals surface area (Å²) in [5, 5.41) is 2.79. The number of nitrogens with one attached hydrogen (secondary N) is 1. The van der Waals surface area contributed by atoms with Crippen molar-refractivity contribution in [1.82, 2.24) is 0 Å². The number of allylic oxidation sites excluding steroid dienone is 1. The van der Waals surface area contributed by atoms with E-state index in [9.17, 15) is 9.59 Å². The first kappa shape index (κ1) is 17.3. The van der Waals surface area contributed by atoms with Crippen LogP contribution in [-0.2, 0) is 0 Å². The monoisotopic (exact) mass is 325 g/mol. The maximum absolute atomic E-state index is 12.4. The Morgan fingerprint density at radius 1 is 1.08 bits per heavy atom. The molecule has 0 aliphatic heterocycles. The fourth-order valence-corrected chi connectivity index (χ4v) is 2.20. The predicted molar refractivity (Wildman–Crippen MR) is 95.2 cm³/mol. The molecule has 0 fully saturated rings. The maximum atomic E-state index is 12.4. The molecule has 0 aromatic heterocycles. The minimum absolute atomic E-state index is 0.105. The fraction of sp³-hybridized carbons (Fsp3) is 0.158. The van der Waals surface area contributed by atoms with Crippen LogP contribution in [0.2, 0.25) is 0 Å². The van der Waals surface area contributed by atoms with Crippen molar-refractivity contribution in [3.8, 4) is 11.5 Å². The van der Waals surface area contributed by atoms with Crippen molar-refractivity contribution in [2.24, 2.45) is 0 Å². The Labute approximate surface area is 140 Å². The highest BCUT2D eigenvalue weighted by atomic mass is 16.5.